The van der Waals surface area contributed by atoms with Gasteiger partial charge in [0.25, 0.3) is 0 Å². The molecule has 1 aromatic heterocycles. The first-order chi connectivity index (χ1) is 8.66. The average Bonchev–Trinajstić information content (AvgIpc) is 2.71. The van der Waals surface area contributed by atoms with Crippen molar-refractivity contribution >= 4 is 16.7 Å². The van der Waals surface area contributed by atoms with E-state index in [4.69, 9.17) is 4.42 Å². The summed E-state index contributed by atoms with van der Waals surface area (Å²) in [6.07, 6.45) is 1.69. The summed E-state index contributed by atoms with van der Waals surface area (Å²) in [7, 11) is 0. The third kappa shape index (κ3) is 1.77. The molecule has 0 spiro atoms. The third-order valence-corrected chi connectivity index (χ3v) is 3.55. The summed E-state index contributed by atoms with van der Waals surface area (Å²) >= 11 is 0. The van der Waals surface area contributed by atoms with Crippen LogP contribution in [0.2, 0.25) is 0 Å². The maximum atomic E-state index is 14.1. The van der Waals surface area contributed by atoms with Crippen LogP contribution >= 0.6 is 0 Å². The molecule has 1 fully saturated rings. The number of piperazine rings is 1. The summed E-state index contributed by atoms with van der Waals surface area (Å²) in [5.74, 6) is -0.203. The van der Waals surface area contributed by atoms with Gasteiger partial charge < -0.3 is 14.6 Å². The van der Waals surface area contributed by atoms with Crippen molar-refractivity contribution in [3.05, 3.63) is 29.8 Å². The molecule has 18 heavy (non-hydrogen) atoms. The zero-order valence-electron chi connectivity index (χ0n) is 10.7. The van der Waals surface area contributed by atoms with Crippen LogP contribution in [0.1, 0.15) is 12.5 Å². The predicted octanol–water partition coefficient (Wildman–Crippen LogP) is 2.68. The summed E-state index contributed by atoms with van der Waals surface area (Å²) in [6, 6.07) is 3.69. The van der Waals surface area contributed by atoms with Gasteiger partial charge in [0.05, 0.1) is 6.26 Å². The SMILES string of the molecule is Cc1coc2c(N3CCNC(C)C3)c(F)ccc12. The van der Waals surface area contributed by atoms with Crippen LogP contribution in [0.15, 0.2) is 22.8 Å². The summed E-state index contributed by atoms with van der Waals surface area (Å²) in [6.45, 7) is 6.57. The zero-order valence-corrected chi connectivity index (χ0v) is 10.7. The molecule has 1 aliphatic rings. The second-order valence-electron chi connectivity index (χ2n) is 4.99. The van der Waals surface area contributed by atoms with Crippen molar-refractivity contribution in [2.75, 3.05) is 24.5 Å². The van der Waals surface area contributed by atoms with E-state index in [1.807, 2.05) is 6.92 Å². The van der Waals surface area contributed by atoms with Gasteiger partial charge in [-0.25, -0.2) is 4.39 Å². The van der Waals surface area contributed by atoms with E-state index in [0.29, 0.717) is 17.3 Å². The second kappa shape index (κ2) is 4.28. The number of benzene rings is 1. The molecular formula is C14H17FN2O. The molecule has 2 heterocycles. The van der Waals surface area contributed by atoms with Crippen LogP contribution in [0.25, 0.3) is 11.0 Å². The maximum absolute atomic E-state index is 14.1. The lowest BCUT2D eigenvalue weighted by Gasteiger charge is -2.33. The van der Waals surface area contributed by atoms with Gasteiger partial charge >= 0.3 is 0 Å². The molecular weight excluding hydrogens is 231 g/mol. The molecule has 4 heteroatoms. The molecule has 0 amide bonds. The number of rotatable bonds is 1. The molecule has 1 atom stereocenters. The first-order valence-electron chi connectivity index (χ1n) is 6.31. The van der Waals surface area contributed by atoms with Gasteiger partial charge in [0.1, 0.15) is 11.5 Å². The zero-order chi connectivity index (χ0) is 12.7. The highest BCUT2D eigenvalue weighted by Crippen LogP contribution is 2.33. The lowest BCUT2D eigenvalue weighted by Crippen LogP contribution is -2.49. The Morgan fingerprint density at radius 3 is 3.06 bits per heavy atom. The fourth-order valence-electron chi connectivity index (χ4n) is 2.62. The van der Waals surface area contributed by atoms with E-state index in [1.165, 1.54) is 6.07 Å². The molecule has 1 saturated heterocycles. The van der Waals surface area contributed by atoms with Gasteiger partial charge in [-0.2, -0.15) is 0 Å². The fraction of sp³-hybridized carbons (Fsp3) is 0.429. The highest BCUT2D eigenvalue weighted by atomic mass is 19.1. The molecule has 3 rings (SSSR count). The molecule has 1 unspecified atom stereocenters. The highest BCUT2D eigenvalue weighted by Gasteiger charge is 2.22. The Morgan fingerprint density at radius 1 is 1.44 bits per heavy atom. The van der Waals surface area contributed by atoms with Crippen molar-refractivity contribution < 1.29 is 8.81 Å². The Hall–Kier alpha value is -1.55. The van der Waals surface area contributed by atoms with Gasteiger partial charge in [-0.3, -0.25) is 0 Å². The van der Waals surface area contributed by atoms with Crippen LogP contribution in [0.3, 0.4) is 0 Å². The Bertz CT molecular complexity index is 578. The predicted molar refractivity (Wildman–Crippen MR) is 70.6 cm³/mol. The minimum absolute atomic E-state index is 0.203. The Labute approximate surface area is 106 Å². The topological polar surface area (TPSA) is 28.4 Å². The number of fused-ring (bicyclic) bond motifs is 1. The summed E-state index contributed by atoms with van der Waals surface area (Å²) < 4.78 is 19.7. The molecule has 3 nitrogen and oxygen atoms in total. The van der Waals surface area contributed by atoms with Crippen molar-refractivity contribution in [3.8, 4) is 0 Å². The number of aryl methyl sites for hydroxylation is 1. The number of nitrogens with one attached hydrogen (secondary N) is 1. The number of hydrogen-bond acceptors (Lipinski definition) is 3. The molecule has 0 radical (unpaired) electrons. The summed E-state index contributed by atoms with van der Waals surface area (Å²) in [5.41, 5.74) is 2.32. The van der Waals surface area contributed by atoms with Crippen LogP contribution in [-0.2, 0) is 0 Å². The van der Waals surface area contributed by atoms with E-state index < -0.39 is 0 Å². The maximum Gasteiger partial charge on any atom is 0.160 e. The fourth-order valence-corrected chi connectivity index (χ4v) is 2.62. The van der Waals surface area contributed by atoms with Gasteiger partial charge in [-0.05, 0) is 31.5 Å². The van der Waals surface area contributed by atoms with Gasteiger partial charge in [-0.15, -0.1) is 0 Å². The summed E-state index contributed by atoms with van der Waals surface area (Å²) in [4.78, 5) is 2.07. The number of hydrogen-bond donors (Lipinski definition) is 1. The molecule has 1 aromatic carbocycles. The van der Waals surface area contributed by atoms with Gasteiger partial charge in [-0.1, -0.05) is 0 Å². The monoisotopic (exact) mass is 248 g/mol. The molecule has 0 saturated carbocycles. The molecule has 2 aromatic rings. The molecule has 1 N–H and O–H groups in total. The molecule has 0 aliphatic carbocycles. The van der Waals surface area contributed by atoms with Crippen molar-refractivity contribution in [2.45, 2.75) is 19.9 Å². The van der Waals surface area contributed by atoms with E-state index in [-0.39, 0.29) is 5.82 Å². The molecule has 96 valence electrons. The average molecular weight is 248 g/mol. The number of anilines is 1. The first-order valence-corrected chi connectivity index (χ1v) is 6.31. The number of nitrogens with zero attached hydrogens (tertiary/aromatic N) is 1. The van der Waals surface area contributed by atoms with Crippen LogP contribution in [0.4, 0.5) is 10.1 Å². The first kappa shape index (κ1) is 11.5. The van der Waals surface area contributed by atoms with Crippen molar-refractivity contribution in [1.29, 1.82) is 0 Å². The molecule has 1 aliphatic heterocycles. The highest BCUT2D eigenvalue weighted by molar-refractivity contribution is 5.92. The van der Waals surface area contributed by atoms with E-state index in [9.17, 15) is 4.39 Å². The Balaban J connectivity index is 2.12. The quantitative estimate of drug-likeness (QED) is 0.841. The largest absolute Gasteiger partial charge is 0.462 e. The third-order valence-electron chi connectivity index (χ3n) is 3.55. The van der Waals surface area contributed by atoms with E-state index in [1.54, 1.807) is 12.3 Å². The number of furan rings is 1. The minimum atomic E-state index is -0.203. The van der Waals surface area contributed by atoms with E-state index >= 15 is 0 Å². The van der Waals surface area contributed by atoms with Crippen LogP contribution in [0.5, 0.6) is 0 Å². The Morgan fingerprint density at radius 2 is 2.28 bits per heavy atom. The molecule has 0 bridgehead atoms. The van der Waals surface area contributed by atoms with Crippen molar-refractivity contribution in [1.82, 2.24) is 5.32 Å². The van der Waals surface area contributed by atoms with E-state index in [0.717, 1.165) is 30.6 Å². The summed E-state index contributed by atoms with van der Waals surface area (Å²) in [5, 5.41) is 4.36. The second-order valence-corrected chi connectivity index (χ2v) is 4.99. The van der Waals surface area contributed by atoms with Gasteiger partial charge in [0, 0.05) is 31.1 Å². The standard InChI is InChI=1S/C14H17FN2O/c1-9-8-18-14-11(9)3-4-12(15)13(14)17-6-5-16-10(2)7-17/h3-4,8,10,16H,5-7H2,1-2H3. The number of halogens is 1. The normalized spacial score (nSPS) is 20.6. The van der Waals surface area contributed by atoms with Crippen molar-refractivity contribution in [2.24, 2.45) is 0 Å². The lowest BCUT2D eigenvalue weighted by molar-refractivity contribution is 0.477. The van der Waals surface area contributed by atoms with Crippen LogP contribution in [0, 0.1) is 12.7 Å². The lowest BCUT2D eigenvalue weighted by atomic mass is 10.1. The van der Waals surface area contributed by atoms with Gasteiger partial charge in [0.15, 0.2) is 5.58 Å². The smallest absolute Gasteiger partial charge is 0.160 e. The van der Waals surface area contributed by atoms with Crippen LogP contribution in [-0.4, -0.2) is 25.7 Å². The Kier molecular flexibility index (Phi) is 2.74. The van der Waals surface area contributed by atoms with Gasteiger partial charge in [0.2, 0.25) is 0 Å². The van der Waals surface area contributed by atoms with E-state index in [2.05, 4.69) is 17.1 Å². The van der Waals surface area contributed by atoms with Crippen molar-refractivity contribution in [3.63, 3.8) is 0 Å². The minimum Gasteiger partial charge on any atom is -0.462 e. The van der Waals surface area contributed by atoms with Crippen LogP contribution < -0.4 is 10.2 Å².